The van der Waals surface area contributed by atoms with E-state index in [-0.39, 0.29) is 12.3 Å². The van der Waals surface area contributed by atoms with Crippen molar-refractivity contribution in [2.75, 3.05) is 25.4 Å². The molecule has 1 heterocycles. The van der Waals surface area contributed by atoms with Crippen molar-refractivity contribution in [3.8, 4) is 5.75 Å². The van der Waals surface area contributed by atoms with Crippen LogP contribution in [-0.4, -0.2) is 48.4 Å². The van der Waals surface area contributed by atoms with Crippen molar-refractivity contribution in [2.45, 2.75) is 24.0 Å². The first kappa shape index (κ1) is 21.2. The van der Waals surface area contributed by atoms with Crippen LogP contribution in [0, 0.1) is 0 Å². The number of ether oxygens (including phenoxy) is 2. The Bertz CT molecular complexity index is 766. The molecule has 0 saturated carbocycles. The van der Waals surface area contributed by atoms with Gasteiger partial charge in [-0.05, 0) is 36.8 Å². The van der Waals surface area contributed by atoms with E-state index in [1.165, 1.54) is 13.2 Å². The third kappa shape index (κ3) is 6.21. The van der Waals surface area contributed by atoms with Crippen LogP contribution < -0.4 is 10.1 Å². The quantitative estimate of drug-likeness (QED) is 0.472. The van der Waals surface area contributed by atoms with E-state index in [9.17, 15) is 9.59 Å². The van der Waals surface area contributed by atoms with E-state index in [1.807, 2.05) is 36.8 Å². The first-order chi connectivity index (χ1) is 13.1. The molecule has 2 rings (SSSR count). The Kier molecular flexibility index (Phi) is 8.53. The zero-order chi connectivity index (χ0) is 19.6. The lowest BCUT2D eigenvalue weighted by molar-refractivity contribution is -0.142. The summed E-state index contributed by atoms with van der Waals surface area (Å²) in [5.74, 6) is 0.876. The molecule has 0 radical (unpaired) electrons. The van der Waals surface area contributed by atoms with Crippen molar-refractivity contribution in [1.82, 2.24) is 10.5 Å². The first-order valence-corrected chi connectivity index (χ1v) is 10.8. The zero-order valence-corrected chi connectivity index (χ0v) is 17.0. The van der Waals surface area contributed by atoms with Gasteiger partial charge in [-0.25, -0.2) is 4.79 Å². The summed E-state index contributed by atoms with van der Waals surface area (Å²) < 4.78 is 15.6. The van der Waals surface area contributed by atoms with Gasteiger partial charge in [0.2, 0.25) is 0 Å². The number of hydrogen-bond donors (Lipinski definition) is 1. The molecule has 0 aliphatic heterocycles. The van der Waals surface area contributed by atoms with Gasteiger partial charge < -0.3 is 19.3 Å². The van der Waals surface area contributed by atoms with Gasteiger partial charge in [0.25, 0.3) is 5.91 Å². The second-order valence-electron chi connectivity index (χ2n) is 5.45. The first-order valence-electron chi connectivity index (χ1n) is 8.18. The standard InChI is InChI=1S/C18H22N2O5S2/c1-23-18(22)13(8-9-26-2)19-17(21)14-10-12(25-20-14)11-24-15-6-4-5-7-16(15)27-3/h4-7,10,13H,8-9,11H2,1-3H3,(H,19,21)/t13-/m1/s1. The van der Waals surface area contributed by atoms with E-state index in [4.69, 9.17) is 14.0 Å². The van der Waals surface area contributed by atoms with Crippen molar-refractivity contribution >= 4 is 35.4 Å². The largest absolute Gasteiger partial charge is 0.484 e. The fraction of sp³-hybridized carbons (Fsp3) is 0.389. The predicted molar refractivity (Wildman–Crippen MR) is 105 cm³/mol. The van der Waals surface area contributed by atoms with Crippen LogP contribution >= 0.6 is 23.5 Å². The number of methoxy groups -OCH3 is 1. The number of benzene rings is 1. The molecular weight excluding hydrogens is 388 g/mol. The fourth-order valence-corrected chi connectivity index (χ4v) is 3.25. The molecule has 7 nitrogen and oxygen atoms in total. The molecule has 2 aromatic rings. The SMILES string of the molecule is COC(=O)[C@@H](CCSC)NC(=O)c1cc(COc2ccccc2SC)on1. The van der Waals surface area contributed by atoms with Crippen LogP contribution in [0.25, 0.3) is 0 Å². The second kappa shape index (κ2) is 10.9. The number of rotatable bonds is 10. The molecule has 0 aliphatic carbocycles. The van der Waals surface area contributed by atoms with Crippen LogP contribution in [-0.2, 0) is 16.1 Å². The summed E-state index contributed by atoms with van der Waals surface area (Å²) in [5.41, 5.74) is 0.0878. The zero-order valence-electron chi connectivity index (χ0n) is 15.4. The van der Waals surface area contributed by atoms with Crippen molar-refractivity contribution in [3.05, 3.63) is 41.8 Å². The maximum Gasteiger partial charge on any atom is 0.328 e. The number of hydrogen-bond acceptors (Lipinski definition) is 8. The average molecular weight is 411 g/mol. The molecule has 0 saturated heterocycles. The minimum absolute atomic E-state index is 0.0878. The number of nitrogens with zero attached hydrogens (tertiary/aromatic N) is 1. The summed E-state index contributed by atoms with van der Waals surface area (Å²) in [6, 6.07) is 8.42. The molecule has 0 unspecified atom stereocenters. The Morgan fingerprint density at radius 1 is 1.30 bits per heavy atom. The number of amides is 1. The third-order valence-electron chi connectivity index (χ3n) is 3.63. The predicted octanol–water partition coefficient (Wildman–Crippen LogP) is 3.00. The minimum atomic E-state index is -0.722. The van der Waals surface area contributed by atoms with E-state index in [0.717, 1.165) is 10.6 Å². The molecule has 0 aliphatic rings. The van der Waals surface area contributed by atoms with Gasteiger partial charge in [0, 0.05) is 11.0 Å². The molecule has 27 heavy (non-hydrogen) atoms. The van der Waals surface area contributed by atoms with Gasteiger partial charge in [0.1, 0.15) is 18.4 Å². The van der Waals surface area contributed by atoms with Gasteiger partial charge in [0.15, 0.2) is 11.5 Å². The molecule has 1 amide bonds. The van der Waals surface area contributed by atoms with Gasteiger partial charge in [-0.2, -0.15) is 11.8 Å². The van der Waals surface area contributed by atoms with E-state index in [0.29, 0.717) is 17.9 Å². The van der Waals surface area contributed by atoms with Gasteiger partial charge in [0.05, 0.1) is 7.11 Å². The molecule has 0 fully saturated rings. The molecule has 0 spiro atoms. The molecular formula is C18H22N2O5S2. The van der Waals surface area contributed by atoms with Gasteiger partial charge in [-0.1, -0.05) is 17.3 Å². The van der Waals surface area contributed by atoms with Crippen molar-refractivity contribution in [3.63, 3.8) is 0 Å². The highest BCUT2D eigenvalue weighted by molar-refractivity contribution is 7.98. The number of nitrogens with one attached hydrogen (secondary N) is 1. The van der Waals surface area contributed by atoms with E-state index >= 15 is 0 Å². The van der Waals surface area contributed by atoms with Gasteiger partial charge in [-0.3, -0.25) is 4.79 Å². The van der Waals surface area contributed by atoms with Crippen molar-refractivity contribution < 1.29 is 23.6 Å². The number of para-hydroxylation sites is 1. The summed E-state index contributed by atoms with van der Waals surface area (Å²) in [4.78, 5) is 25.1. The Hall–Kier alpha value is -2.13. The third-order valence-corrected chi connectivity index (χ3v) is 5.05. The molecule has 1 aromatic carbocycles. The molecule has 1 N–H and O–H groups in total. The highest BCUT2D eigenvalue weighted by Crippen LogP contribution is 2.27. The van der Waals surface area contributed by atoms with Crippen LogP contribution in [0.5, 0.6) is 5.75 Å². The Morgan fingerprint density at radius 2 is 2.07 bits per heavy atom. The summed E-state index contributed by atoms with van der Waals surface area (Å²) in [6.45, 7) is 0.144. The fourth-order valence-electron chi connectivity index (χ4n) is 2.23. The normalized spacial score (nSPS) is 11.7. The topological polar surface area (TPSA) is 90.7 Å². The summed E-state index contributed by atoms with van der Waals surface area (Å²) in [7, 11) is 1.29. The Balaban J connectivity index is 1.97. The lowest BCUT2D eigenvalue weighted by atomic mass is 10.2. The lowest BCUT2D eigenvalue weighted by Gasteiger charge is -2.14. The minimum Gasteiger partial charge on any atom is -0.484 e. The highest BCUT2D eigenvalue weighted by Gasteiger charge is 2.23. The molecule has 9 heteroatoms. The number of esters is 1. The highest BCUT2D eigenvalue weighted by atomic mass is 32.2. The monoisotopic (exact) mass is 410 g/mol. The smallest absolute Gasteiger partial charge is 0.328 e. The van der Waals surface area contributed by atoms with E-state index < -0.39 is 17.9 Å². The summed E-state index contributed by atoms with van der Waals surface area (Å²) in [5, 5.41) is 6.39. The van der Waals surface area contributed by atoms with E-state index in [1.54, 1.807) is 23.5 Å². The number of thioether (sulfide) groups is 2. The van der Waals surface area contributed by atoms with E-state index in [2.05, 4.69) is 10.5 Å². The van der Waals surface area contributed by atoms with Gasteiger partial charge in [-0.15, -0.1) is 11.8 Å². The van der Waals surface area contributed by atoms with Crippen LogP contribution in [0.4, 0.5) is 0 Å². The molecule has 1 aromatic heterocycles. The maximum absolute atomic E-state index is 12.3. The average Bonchev–Trinajstić information content (AvgIpc) is 3.18. The Morgan fingerprint density at radius 3 is 2.78 bits per heavy atom. The van der Waals surface area contributed by atoms with Crippen LogP contribution in [0.15, 0.2) is 39.8 Å². The molecule has 0 bridgehead atoms. The number of carbonyl (C=O) groups is 2. The van der Waals surface area contributed by atoms with Crippen LogP contribution in [0.2, 0.25) is 0 Å². The van der Waals surface area contributed by atoms with Crippen LogP contribution in [0.1, 0.15) is 22.7 Å². The second-order valence-corrected chi connectivity index (χ2v) is 7.28. The molecule has 146 valence electrons. The summed E-state index contributed by atoms with van der Waals surface area (Å²) >= 11 is 3.16. The lowest BCUT2D eigenvalue weighted by Crippen LogP contribution is -2.42. The molecule has 1 atom stereocenters. The van der Waals surface area contributed by atoms with Crippen LogP contribution in [0.3, 0.4) is 0 Å². The van der Waals surface area contributed by atoms with Crippen molar-refractivity contribution in [1.29, 1.82) is 0 Å². The summed E-state index contributed by atoms with van der Waals surface area (Å²) in [6.07, 6.45) is 4.36. The number of aromatic nitrogens is 1. The Labute approximate surface area is 166 Å². The maximum atomic E-state index is 12.3. The van der Waals surface area contributed by atoms with Gasteiger partial charge >= 0.3 is 5.97 Å². The number of carbonyl (C=O) groups excluding carboxylic acids is 2. The van der Waals surface area contributed by atoms with Crippen molar-refractivity contribution in [2.24, 2.45) is 0 Å².